The molecule has 0 spiro atoms. The molecule has 8 unspecified atom stereocenters. The third-order valence-electron chi connectivity index (χ3n) is 18.2. The highest BCUT2D eigenvalue weighted by Gasteiger charge is 2.58. The van der Waals surface area contributed by atoms with Gasteiger partial charge in [-0.2, -0.15) is 0 Å². The van der Waals surface area contributed by atoms with Crippen LogP contribution in [0.4, 0.5) is 0 Å². The van der Waals surface area contributed by atoms with Crippen LogP contribution in [-0.4, -0.2) is 314 Å². The van der Waals surface area contributed by atoms with E-state index >= 15 is 0 Å². The largest absolute Gasteiger partial charge is 0.477 e. The van der Waals surface area contributed by atoms with Crippen molar-refractivity contribution in [3.8, 4) is 0 Å². The van der Waals surface area contributed by atoms with E-state index in [9.17, 15) is 113 Å². The number of unbranched alkanes of at least 4 members (excludes halogenated alkanes) is 1. The number of ether oxygens (including phenoxy) is 12. The third kappa shape index (κ3) is 29.6. The van der Waals surface area contributed by atoms with Crippen molar-refractivity contribution in [1.82, 2.24) is 31.9 Å². The van der Waals surface area contributed by atoms with Crippen LogP contribution in [0, 0.1) is 0 Å². The number of carbonyl (C=O) groups is 11. The van der Waals surface area contributed by atoms with Crippen molar-refractivity contribution < 1.29 is 174 Å². The molecule has 4 aliphatic heterocycles. The minimum atomic E-state index is -5.61. The summed E-state index contributed by atoms with van der Waals surface area (Å²) in [5.74, 6) is -12.6. The van der Waals surface area contributed by atoms with Gasteiger partial charge in [0.15, 0.2) is 31.1 Å². The molecule has 23 atom stereocenters. The summed E-state index contributed by atoms with van der Waals surface area (Å²) in [5.41, 5.74) is 0.540. The fraction of sp³-hybridized carbons (Fsp3) is 0.754. The molecular formula is C69H109N6O36P. The Morgan fingerprint density at radius 1 is 0.580 bits per heavy atom. The maximum absolute atomic E-state index is 14.0. The van der Waals surface area contributed by atoms with Crippen LogP contribution in [0.5, 0.6) is 0 Å². The van der Waals surface area contributed by atoms with E-state index in [2.05, 4.69) is 31.9 Å². The summed E-state index contributed by atoms with van der Waals surface area (Å²) in [6.45, 7) is 4.92. The Balaban J connectivity index is 1.27. The van der Waals surface area contributed by atoms with Gasteiger partial charge >= 0.3 is 37.7 Å². The molecule has 4 fully saturated rings. The number of amides is 6. The Hall–Kier alpha value is -7.14. The Labute approximate surface area is 644 Å². The van der Waals surface area contributed by atoms with Gasteiger partial charge in [0, 0.05) is 65.0 Å². The summed E-state index contributed by atoms with van der Waals surface area (Å²) >= 11 is 0. The van der Waals surface area contributed by atoms with Gasteiger partial charge in [-0.25, -0.2) is 9.36 Å². The second-order valence-electron chi connectivity index (χ2n) is 26.8. The summed E-state index contributed by atoms with van der Waals surface area (Å²) in [6.07, 6.45) is -35.0. The molecule has 0 aromatic heterocycles. The van der Waals surface area contributed by atoms with Gasteiger partial charge in [-0.15, -0.1) is 0 Å². The number of aliphatic carboxylic acids is 1. The molecule has 4 aliphatic rings. The second-order valence-corrected chi connectivity index (χ2v) is 28.0. The number of carbonyl (C=O) groups excluding carboxylic acids is 10. The molecule has 42 nitrogen and oxygen atoms in total. The predicted octanol–water partition coefficient (Wildman–Crippen LogP) is -4.69. The molecule has 1 aromatic rings. The number of benzene rings is 1. The molecule has 6 amide bonds. The van der Waals surface area contributed by atoms with Gasteiger partial charge in [0.1, 0.15) is 91.4 Å². The molecule has 5 rings (SSSR count). The molecule has 4 saturated heterocycles. The molecule has 0 saturated carbocycles. The Kier molecular flexibility index (Phi) is 40.1. The fourth-order valence-corrected chi connectivity index (χ4v) is 12.8. The average Bonchev–Trinajstić information content (AvgIpc) is 0.771. The number of hydrogen-bond acceptors (Lipinski definition) is 33. The topological polar surface area (TPSA) is 620 Å². The van der Waals surface area contributed by atoms with Gasteiger partial charge in [-0.05, 0) is 24.8 Å². The van der Waals surface area contributed by atoms with Crippen LogP contribution in [0.15, 0.2) is 30.3 Å². The summed E-state index contributed by atoms with van der Waals surface area (Å²) in [5, 5.41) is 113. The Bertz CT molecular complexity index is 3250. The zero-order chi connectivity index (χ0) is 83.2. The second kappa shape index (κ2) is 47.0. The quantitative estimate of drug-likeness (QED) is 0.0126. The van der Waals surface area contributed by atoms with Crippen molar-refractivity contribution >= 4 is 73.1 Å². The smallest absolute Gasteiger partial charge is 0.470 e. The van der Waals surface area contributed by atoms with Crippen LogP contribution >= 0.6 is 7.82 Å². The Morgan fingerprint density at radius 2 is 1.11 bits per heavy atom. The van der Waals surface area contributed by atoms with Crippen molar-refractivity contribution in [2.75, 3.05) is 52.7 Å². The van der Waals surface area contributed by atoms with E-state index in [1.54, 1.807) is 44.2 Å². The first-order valence-corrected chi connectivity index (χ1v) is 38.5. The number of phosphoric ester groups is 1. The molecule has 1 aromatic carbocycles. The van der Waals surface area contributed by atoms with E-state index in [-0.39, 0.29) is 58.0 Å². The number of carboxylic acid groups (broad SMARTS) is 1. The lowest BCUT2D eigenvalue weighted by molar-refractivity contribution is -0.330. The maximum atomic E-state index is 14.0. The minimum absolute atomic E-state index is 0.0602. The summed E-state index contributed by atoms with van der Waals surface area (Å²) in [4.78, 5) is 164. The maximum Gasteiger partial charge on any atom is 0.470 e. The zero-order valence-electron chi connectivity index (χ0n) is 63.2. The monoisotopic (exact) mass is 1630 g/mol. The lowest BCUT2D eigenvalue weighted by Gasteiger charge is -2.47. The molecule has 636 valence electrons. The highest BCUT2D eigenvalue weighted by molar-refractivity contribution is 7.46. The van der Waals surface area contributed by atoms with Crippen LogP contribution in [0.1, 0.15) is 138 Å². The molecular weight excluding hydrogens is 1520 g/mol. The van der Waals surface area contributed by atoms with Gasteiger partial charge in [0.25, 0.3) is 5.79 Å². The first-order valence-electron chi connectivity index (χ1n) is 37.0. The van der Waals surface area contributed by atoms with Gasteiger partial charge in [-0.1, -0.05) is 78.3 Å². The van der Waals surface area contributed by atoms with Crippen molar-refractivity contribution in [3.63, 3.8) is 0 Å². The van der Waals surface area contributed by atoms with Gasteiger partial charge < -0.3 is 144 Å². The van der Waals surface area contributed by atoms with Crippen molar-refractivity contribution in [1.29, 1.82) is 0 Å². The van der Waals surface area contributed by atoms with E-state index < -0.39 is 285 Å². The number of esters is 4. The molecule has 4 heterocycles. The van der Waals surface area contributed by atoms with Crippen LogP contribution in [0.25, 0.3) is 0 Å². The summed E-state index contributed by atoms with van der Waals surface area (Å²) < 4.78 is 87.4. The molecule has 0 aliphatic carbocycles. The average molecular weight is 1630 g/mol. The third-order valence-corrected chi connectivity index (χ3v) is 18.7. The van der Waals surface area contributed by atoms with E-state index in [4.69, 9.17) is 61.4 Å². The fourth-order valence-electron chi connectivity index (χ4n) is 12.2. The first kappa shape index (κ1) is 95.4. The summed E-state index contributed by atoms with van der Waals surface area (Å²) in [6, 6.07) is 1.80. The number of aliphatic hydroxyl groups is 8. The van der Waals surface area contributed by atoms with E-state index in [0.29, 0.717) is 18.4 Å². The van der Waals surface area contributed by atoms with Crippen molar-refractivity contribution in [3.05, 3.63) is 35.9 Å². The highest BCUT2D eigenvalue weighted by atomic mass is 31.2. The van der Waals surface area contributed by atoms with Crippen molar-refractivity contribution in [2.24, 2.45) is 0 Å². The standard InChI is InChI=1S/C69H109N6O36P/c1-8-14-20-46(83)73-55-62(108-51(88)13-6)59(92)42(33-101-67-56(75-48(85)28-37(9-2)103-49(86)11-4)64(61(41(32-77)105-67)111-112(96,97)98)109-52(89)29-38(10-3)104-50(87)12-5)106-66(55)100-26-24-71-45(82)22-21-44(81)70-23-25-99-65-54(72-35(7)78)60(93)58(91)43(107-65)34-102-69(68(94)95)30-39(79)53(63(110-69)57(90)40(80)31-76)74-47(84)27-36-18-16-15-17-19-36/h15-19,37-43,53-67,76-77,79-80,90-93H,8-14,20-34H2,1-7H3,(H,70,81)(H,71,82)(H,72,78)(H,73,83)(H,74,84)(H,75,85)(H,94,95)(H2,96,97,98)/t37-,38-,39?,40-,41?,42?,43?,53-,54?,55?,56?,57-,58+,59-,60-,61-,62-,63?,64-,65-,66-,67-,69-/m1/s1. The number of rotatable bonds is 46. The lowest BCUT2D eigenvalue weighted by atomic mass is 9.88. The normalized spacial score (nSPS) is 29.0. The number of nitrogens with one attached hydrogen (secondary N) is 6. The number of hydrogen-bond donors (Lipinski definition) is 17. The van der Waals surface area contributed by atoms with E-state index in [0.717, 1.165) is 6.92 Å². The van der Waals surface area contributed by atoms with Crippen LogP contribution in [0.3, 0.4) is 0 Å². The molecule has 0 radical (unpaired) electrons. The van der Waals surface area contributed by atoms with Crippen LogP contribution in [-0.2, 0) is 125 Å². The predicted molar refractivity (Wildman–Crippen MR) is 375 cm³/mol. The first-order chi connectivity index (χ1) is 53.1. The molecule has 0 bridgehead atoms. The Morgan fingerprint density at radius 3 is 1.64 bits per heavy atom. The number of carboxylic acids is 1. The molecule has 17 N–H and O–H groups in total. The van der Waals surface area contributed by atoms with Gasteiger partial charge in [0.2, 0.25) is 35.4 Å². The van der Waals surface area contributed by atoms with Crippen LogP contribution < -0.4 is 31.9 Å². The van der Waals surface area contributed by atoms with E-state index in [1.807, 2.05) is 6.92 Å². The van der Waals surface area contributed by atoms with Gasteiger partial charge in [0.05, 0.1) is 71.0 Å². The van der Waals surface area contributed by atoms with E-state index in [1.165, 1.54) is 20.8 Å². The summed E-state index contributed by atoms with van der Waals surface area (Å²) in [7, 11) is -5.61. The zero-order valence-corrected chi connectivity index (χ0v) is 64.1. The SMILES string of the molecule is CCCCC(=O)NC1[C@H](OCCNC(=O)CCC(=O)NCCO[C@@H]2OC(CO[C@]3(C(=O)O)CC(O)[C@@H](NC(=O)Cc4ccccc4)C([C@H](O)[C@H](O)CO)O3)[C@H](O)[C@H](O)C2NC(C)=O)OC(CO[C@@H]2OC(CO)[C@@H](OP(=O)(O)O)[C@H](OC(=O)C[C@@H](CC)OC(=O)CC)C2NC(=O)C[C@@H](CC)OC(=O)CC)[C@@H](O)[C@@H]1OC(=O)CC. The van der Waals surface area contributed by atoms with Crippen LogP contribution in [0.2, 0.25) is 0 Å². The number of phosphoric acid groups is 1. The molecule has 43 heteroatoms. The highest BCUT2D eigenvalue weighted by Crippen LogP contribution is 2.43. The lowest BCUT2D eigenvalue weighted by Crippen LogP contribution is -2.69. The molecule has 112 heavy (non-hydrogen) atoms. The number of aliphatic hydroxyl groups excluding tert-OH is 8. The minimum Gasteiger partial charge on any atom is -0.477 e. The van der Waals surface area contributed by atoms with Crippen molar-refractivity contribution in [2.45, 2.75) is 279 Å². The van der Waals surface area contributed by atoms with Gasteiger partial charge in [-0.3, -0.25) is 52.5 Å².